The fourth-order valence-electron chi connectivity index (χ4n) is 2.76. The number of nitrogens with one attached hydrogen (secondary N) is 1. The predicted octanol–water partition coefficient (Wildman–Crippen LogP) is 3.40. The molecule has 0 bridgehead atoms. The molecule has 1 aliphatic carbocycles. The van der Waals surface area contributed by atoms with Crippen molar-refractivity contribution in [3.8, 4) is 0 Å². The van der Waals surface area contributed by atoms with E-state index in [0.29, 0.717) is 6.04 Å². The fourth-order valence-corrected chi connectivity index (χ4v) is 2.76. The third kappa shape index (κ3) is 2.66. The van der Waals surface area contributed by atoms with Crippen LogP contribution in [0.15, 0.2) is 29.1 Å². The van der Waals surface area contributed by atoms with Gasteiger partial charge >= 0.3 is 0 Å². The van der Waals surface area contributed by atoms with Gasteiger partial charge in [0.2, 0.25) is 0 Å². The summed E-state index contributed by atoms with van der Waals surface area (Å²) in [5, 5.41) is 8.08. The second-order valence-electron chi connectivity index (χ2n) is 6.59. The number of furan rings is 1. The lowest BCUT2D eigenvalue weighted by molar-refractivity contribution is 0.355. The van der Waals surface area contributed by atoms with Crippen LogP contribution in [-0.2, 0) is 18.5 Å². The summed E-state index contributed by atoms with van der Waals surface area (Å²) in [6.45, 7) is 7.34. The van der Waals surface area contributed by atoms with E-state index in [1.807, 2.05) is 17.1 Å². The minimum absolute atomic E-state index is 0.0425. The maximum absolute atomic E-state index is 5.53. The Morgan fingerprint density at radius 2 is 2.30 bits per heavy atom. The molecule has 2 aromatic rings. The summed E-state index contributed by atoms with van der Waals surface area (Å²) in [6.07, 6.45) is 9.34. The zero-order valence-corrected chi connectivity index (χ0v) is 12.5. The number of aryl methyl sites for hydroxylation is 1. The molecule has 20 heavy (non-hydrogen) atoms. The summed E-state index contributed by atoms with van der Waals surface area (Å²) in [6, 6.07) is 2.51. The minimum Gasteiger partial charge on any atom is -0.469 e. The van der Waals surface area contributed by atoms with Crippen molar-refractivity contribution in [3.63, 3.8) is 0 Å². The average Bonchev–Trinajstić information content (AvgIpc) is 3.04. The van der Waals surface area contributed by atoms with Crippen molar-refractivity contribution in [1.82, 2.24) is 15.1 Å². The highest BCUT2D eigenvalue weighted by Crippen LogP contribution is 2.30. The molecule has 0 radical (unpaired) electrons. The Morgan fingerprint density at radius 1 is 1.45 bits per heavy atom. The van der Waals surface area contributed by atoms with E-state index < -0.39 is 0 Å². The van der Waals surface area contributed by atoms with Gasteiger partial charge in [0.05, 0.1) is 18.0 Å². The maximum Gasteiger partial charge on any atom is 0.108 e. The standard InChI is InChI=1S/C16H23N3O/c1-16(2,3)19-11-12(10-18-19)9-17-14-5-4-6-15-13(14)7-8-20-15/h7-8,10-11,14,17H,4-6,9H2,1-3H3. The molecule has 0 aliphatic heterocycles. The molecule has 4 heteroatoms. The molecule has 0 saturated carbocycles. The van der Waals surface area contributed by atoms with Crippen LogP contribution in [0.5, 0.6) is 0 Å². The van der Waals surface area contributed by atoms with Gasteiger partial charge in [-0.15, -0.1) is 0 Å². The summed E-state index contributed by atoms with van der Waals surface area (Å²) in [7, 11) is 0. The Bertz CT molecular complexity index is 577. The highest BCUT2D eigenvalue weighted by atomic mass is 16.3. The van der Waals surface area contributed by atoms with Crippen LogP contribution in [0.4, 0.5) is 0 Å². The molecule has 1 aliphatic rings. The Hall–Kier alpha value is -1.55. The SMILES string of the molecule is CC(C)(C)n1cc(CNC2CCCc3occc32)cn1. The van der Waals surface area contributed by atoms with E-state index in [0.717, 1.165) is 18.7 Å². The van der Waals surface area contributed by atoms with Gasteiger partial charge < -0.3 is 9.73 Å². The van der Waals surface area contributed by atoms with Gasteiger partial charge in [-0.3, -0.25) is 4.68 Å². The molecule has 0 spiro atoms. The van der Waals surface area contributed by atoms with E-state index >= 15 is 0 Å². The van der Waals surface area contributed by atoms with E-state index in [9.17, 15) is 0 Å². The number of fused-ring (bicyclic) bond motifs is 1. The van der Waals surface area contributed by atoms with Crippen LogP contribution in [0, 0.1) is 0 Å². The zero-order chi connectivity index (χ0) is 14.2. The summed E-state index contributed by atoms with van der Waals surface area (Å²) >= 11 is 0. The highest BCUT2D eigenvalue weighted by Gasteiger charge is 2.22. The molecule has 1 N–H and O–H groups in total. The van der Waals surface area contributed by atoms with Gasteiger partial charge in [0.1, 0.15) is 5.76 Å². The molecule has 2 heterocycles. The molecule has 0 saturated heterocycles. The van der Waals surface area contributed by atoms with Gasteiger partial charge in [-0.1, -0.05) is 0 Å². The van der Waals surface area contributed by atoms with Crippen molar-refractivity contribution >= 4 is 0 Å². The molecule has 0 amide bonds. The number of hydrogen-bond acceptors (Lipinski definition) is 3. The van der Waals surface area contributed by atoms with Gasteiger partial charge in [0, 0.05) is 36.3 Å². The largest absolute Gasteiger partial charge is 0.469 e. The van der Waals surface area contributed by atoms with Crippen LogP contribution in [0.1, 0.15) is 56.5 Å². The van der Waals surface area contributed by atoms with E-state index in [1.54, 1.807) is 0 Å². The molecule has 1 atom stereocenters. The number of aromatic nitrogens is 2. The van der Waals surface area contributed by atoms with Crippen molar-refractivity contribution in [3.05, 3.63) is 41.6 Å². The Labute approximate surface area is 120 Å². The first-order valence-corrected chi connectivity index (χ1v) is 7.38. The number of rotatable bonds is 3. The maximum atomic E-state index is 5.53. The van der Waals surface area contributed by atoms with Crippen LogP contribution in [0.3, 0.4) is 0 Å². The van der Waals surface area contributed by atoms with E-state index in [4.69, 9.17) is 4.42 Å². The van der Waals surface area contributed by atoms with Gasteiger partial charge in [0.25, 0.3) is 0 Å². The molecule has 4 nitrogen and oxygen atoms in total. The second kappa shape index (κ2) is 5.09. The van der Waals surface area contributed by atoms with Gasteiger partial charge in [-0.05, 0) is 39.7 Å². The lowest BCUT2D eigenvalue weighted by Gasteiger charge is -2.22. The van der Waals surface area contributed by atoms with E-state index in [-0.39, 0.29) is 5.54 Å². The lowest BCUT2D eigenvalue weighted by atomic mass is 9.93. The van der Waals surface area contributed by atoms with Crippen molar-refractivity contribution in [2.75, 3.05) is 0 Å². The molecule has 0 aromatic carbocycles. The molecular formula is C16H23N3O. The van der Waals surface area contributed by atoms with Crippen molar-refractivity contribution < 1.29 is 4.42 Å². The molecule has 1 unspecified atom stereocenters. The Balaban J connectivity index is 1.65. The van der Waals surface area contributed by atoms with Crippen LogP contribution in [0.25, 0.3) is 0 Å². The monoisotopic (exact) mass is 273 g/mol. The summed E-state index contributed by atoms with van der Waals surface area (Å²) < 4.78 is 7.55. The Morgan fingerprint density at radius 3 is 3.05 bits per heavy atom. The Kier molecular flexibility index (Phi) is 3.42. The molecule has 2 aromatic heterocycles. The third-order valence-electron chi connectivity index (χ3n) is 3.93. The lowest BCUT2D eigenvalue weighted by Crippen LogP contribution is -2.24. The van der Waals surface area contributed by atoms with Gasteiger partial charge in [0.15, 0.2) is 0 Å². The number of hydrogen-bond donors (Lipinski definition) is 1. The smallest absolute Gasteiger partial charge is 0.108 e. The topological polar surface area (TPSA) is 43.0 Å². The quantitative estimate of drug-likeness (QED) is 0.932. The first-order chi connectivity index (χ1) is 9.54. The fraction of sp³-hybridized carbons (Fsp3) is 0.562. The predicted molar refractivity (Wildman–Crippen MR) is 78.4 cm³/mol. The molecule has 108 valence electrons. The normalized spacial score (nSPS) is 19.1. The second-order valence-corrected chi connectivity index (χ2v) is 6.59. The average molecular weight is 273 g/mol. The van der Waals surface area contributed by atoms with Crippen LogP contribution < -0.4 is 5.32 Å². The van der Waals surface area contributed by atoms with Gasteiger partial charge in [-0.25, -0.2) is 0 Å². The molecule has 0 fully saturated rings. The summed E-state index contributed by atoms with van der Waals surface area (Å²) in [4.78, 5) is 0. The van der Waals surface area contributed by atoms with Crippen LogP contribution in [0.2, 0.25) is 0 Å². The zero-order valence-electron chi connectivity index (χ0n) is 12.5. The van der Waals surface area contributed by atoms with Crippen molar-refractivity contribution in [2.24, 2.45) is 0 Å². The summed E-state index contributed by atoms with van der Waals surface area (Å²) in [5.74, 6) is 1.15. The summed E-state index contributed by atoms with van der Waals surface area (Å²) in [5.41, 5.74) is 2.61. The van der Waals surface area contributed by atoms with Gasteiger partial charge in [-0.2, -0.15) is 5.10 Å². The third-order valence-corrected chi connectivity index (χ3v) is 3.93. The first kappa shape index (κ1) is 13.4. The van der Waals surface area contributed by atoms with Crippen LogP contribution >= 0.6 is 0 Å². The number of nitrogens with zero attached hydrogens (tertiary/aromatic N) is 2. The van der Waals surface area contributed by atoms with Crippen LogP contribution in [-0.4, -0.2) is 9.78 Å². The minimum atomic E-state index is 0.0425. The van der Waals surface area contributed by atoms with Crippen molar-refractivity contribution in [2.45, 2.75) is 58.2 Å². The molecule has 3 rings (SSSR count). The van der Waals surface area contributed by atoms with Crippen molar-refractivity contribution in [1.29, 1.82) is 0 Å². The molecular weight excluding hydrogens is 250 g/mol. The highest BCUT2D eigenvalue weighted by molar-refractivity contribution is 5.24. The van der Waals surface area contributed by atoms with E-state index in [1.165, 1.54) is 24.0 Å². The van der Waals surface area contributed by atoms with E-state index in [2.05, 4.69) is 43.4 Å². The first-order valence-electron chi connectivity index (χ1n) is 7.38.